The summed E-state index contributed by atoms with van der Waals surface area (Å²) in [5, 5.41) is 0.947. The third-order valence-corrected chi connectivity index (χ3v) is 1.80. The van der Waals surface area contributed by atoms with Crippen molar-refractivity contribution < 1.29 is 4.52 Å². The first-order chi connectivity index (χ1) is 2.91. The van der Waals surface area contributed by atoms with Gasteiger partial charge in [0.25, 0.3) is 0 Å². The summed E-state index contributed by atoms with van der Waals surface area (Å²) < 4.78 is 4.95. The highest BCUT2D eigenvalue weighted by Gasteiger charge is 1.75. The molecular formula is C2H5BrIOP. The van der Waals surface area contributed by atoms with Crippen molar-refractivity contribution in [2.45, 2.75) is 0 Å². The average Bonchev–Trinajstić information content (AvgIpc) is 1.61. The number of halogens is 2. The smallest absolute Gasteiger partial charge is 0.0793 e. The summed E-state index contributed by atoms with van der Waals surface area (Å²) in [5.41, 5.74) is 0. The molecule has 0 aliphatic carbocycles. The summed E-state index contributed by atoms with van der Waals surface area (Å²) in [5.74, 6) is 0. The van der Waals surface area contributed by atoms with Crippen molar-refractivity contribution in [1.82, 2.24) is 0 Å². The van der Waals surface area contributed by atoms with Gasteiger partial charge in [-0.2, -0.15) is 0 Å². The van der Waals surface area contributed by atoms with Crippen LogP contribution in [0.15, 0.2) is 0 Å². The monoisotopic (exact) mass is 282 g/mol. The first-order valence-electron chi connectivity index (χ1n) is 1.45. The molecule has 6 heavy (non-hydrogen) atoms. The second kappa shape index (κ2) is 6.60. The first kappa shape index (κ1) is 7.60. The molecule has 1 atom stereocenters. The fourth-order valence-corrected chi connectivity index (χ4v) is 1.38. The van der Waals surface area contributed by atoms with E-state index in [9.17, 15) is 0 Å². The molecule has 0 heterocycles. The van der Waals surface area contributed by atoms with E-state index in [-0.39, 0.29) is 0 Å². The van der Waals surface area contributed by atoms with Gasteiger partial charge < -0.3 is 4.52 Å². The summed E-state index contributed by atoms with van der Waals surface area (Å²) in [7, 11) is 0. The number of hydrogen-bond donors (Lipinski definition) is 0. The number of hydrogen-bond acceptors (Lipinski definition) is 1. The molecule has 0 spiro atoms. The van der Waals surface area contributed by atoms with E-state index in [0.29, 0.717) is 6.45 Å². The Bertz CT molecular complexity index is 25.5. The Morgan fingerprint density at radius 2 is 2.50 bits per heavy atom. The molecule has 0 saturated heterocycles. The molecule has 1 unspecified atom stereocenters. The zero-order valence-electron chi connectivity index (χ0n) is 3.08. The number of rotatable bonds is 3. The lowest BCUT2D eigenvalue weighted by molar-refractivity contribution is 0.404. The Hall–Kier alpha value is 1.60. The zero-order valence-corrected chi connectivity index (χ0v) is 7.82. The Labute approximate surface area is 60.7 Å². The predicted molar refractivity (Wildman–Crippen MR) is 42.1 cm³/mol. The van der Waals surface area contributed by atoms with E-state index in [1.165, 1.54) is 0 Å². The van der Waals surface area contributed by atoms with Crippen LogP contribution in [0.5, 0.6) is 0 Å². The Morgan fingerprint density at radius 3 is 2.67 bits per heavy atom. The molecule has 0 aromatic rings. The molecule has 0 saturated carbocycles. The van der Waals surface area contributed by atoms with E-state index in [1.54, 1.807) is 0 Å². The van der Waals surface area contributed by atoms with Crippen molar-refractivity contribution in [3.05, 3.63) is 0 Å². The molecule has 0 rings (SSSR count). The first-order valence-corrected chi connectivity index (χ1v) is 6.59. The molecule has 0 N–H and O–H groups in total. The second-order valence-electron chi connectivity index (χ2n) is 0.615. The van der Waals surface area contributed by atoms with Crippen LogP contribution in [-0.4, -0.2) is 11.9 Å². The Morgan fingerprint density at radius 1 is 1.83 bits per heavy atom. The van der Waals surface area contributed by atoms with Gasteiger partial charge in [-0.15, -0.1) is 0 Å². The van der Waals surface area contributed by atoms with E-state index in [4.69, 9.17) is 4.52 Å². The number of alkyl halides is 1. The maximum Gasteiger partial charge on any atom is 0.0793 e. The van der Waals surface area contributed by atoms with Crippen molar-refractivity contribution in [3.8, 4) is 0 Å². The Balaban J connectivity index is 2.34. The van der Waals surface area contributed by atoms with Gasteiger partial charge in [-0.3, -0.25) is 0 Å². The molecular weight excluding hydrogens is 278 g/mol. The van der Waals surface area contributed by atoms with Crippen LogP contribution in [0, 0.1) is 0 Å². The molecule has 0 aromatic heterocycles. The van der Waals surface area contributed by atoms with Crippen molar-refractivity contribution in [1.29, 1.82) is 0 Å². The predicted octanol–water partition coefficient (Wildman–Crippen LogP) is 2.34. The van der Waals surface area contributed by atoms with Crippen LogP contribution in [0.4, 0.5) is 0 Å². The highest BCUT2D eigenvalue weighted by Crippen LogP contribution is 2.20. The van der Waals surface area contributed by atoms with Gasteiger partial charge >= 0.3 is 0 Å². The van der Waals surface area contributed by atoms with E-state index in [1.807, 2.05) is 0 Å². The standard InChI is InChI=1S/C2H5BrIOP/c3-1-2-5-6-4/h6H,1-2H2. The average molecular weight is 283 g/mol. The van der Waals surface area contributed by atoms with Crippen LogP contribution < -0.4 is 0 Å². The van der Waals surface area contributed by atoms with Gasteiger partial charge in [-0.05, 0) is 22.0 Å². The van der Waals surface area contributed by atoms with Crippen molar-refractivity contribution in [2.24, 2.45) is 0 Å². The molecule has 0 radical (unpaired) electrons. The van der Waals surface area contributed by atoms with Crippen molar-refractivity contribution in [3.63, 3.8) is 0 Å². The molecule has 4 heteroatoms. The third-order valence-electron chi connectivity index (χ3n) is 0.234. The minimum Gasteiger partial charge on any atom is -0.351 e. The summed E-state index contributed by atoms with van der Waals surface area (Å²) in [6.45, 7) is 1.44. The summed E-state index contributed by atoms with van der Waals surface area (Å²) >= 11 is 5.42. The molecule has 0 bridgehead atoms. The zero-order chi connectivity index (χ0) is 4.83. The van der Waals surface area contributed by atoms with E-state index < -0.39 is 0 Å². The Kier molecular flexibility index (Phi) is 8.36. The fraction of sp³-hybridized carbons (Fsp3) is 1.00. The maximum absolute atomic E-state index is 4.95. The van der Waals surface area contributed by atoms with Gasteiger partial charge in [0.2, 0.25) is 0 Å². The third kappa shape index (κ3) is 5.60. The normalized spacial score (nSPS) is 11.0. The largest absolute Gasteiger partial charge is 0.351 e. The quantitative estimate of drug-likeness (QED) is 0.334. The van der Waals surface area contributed by atoms with Crippen LogP contribution in [0.25, 0.3) is 0 Å². The van der Waals surface area contributed by atoms with Crippen LogP contribution in [0.3, 0.4) is 0 Å². The summed E-state index contributed by atoms with van der Waals surface area (Å²) in [4.78, 5) is 0. The lowest BCUT2D eigenvalue weighted by atomic mass is 10.9. The van der Waals surface area contributed by atoms with Crippen molar-refractivity contribution in [2.75, 3.05) is 11.9 Å². The van der Waals surface area contributed by atoms with Crippen LogP contribution in [-0.2, 0) is 4.52 Å². The molecule has 0 aromatic carbocycles. The maximum atomic E-state index is 4.95. The summed E-state index contributed by atoms with van der Waals surface area (Å²) in [6, 6.07) is 0. The minimum atomic E-state index is 0.605. The van der Waals surface area contributed by atoms with E-state index in [2.05, 4.69) is 38.0 Å². The van der Waals surface area contributed by atoms with Crippen molar-refractivity contribution >= 4 is 44.4 Å². The lowest BCUT2D eigenvalue weighted by Crippen LogP contribution is -1.80. The van der Waals surface area contributed by atoms with Crippen LogP contribution in [0.2, 0.25) is 0 Å². The highest BCUT2D eigenvalue weighted by molar-refractivity contribution is 14.2. The molecule has 38 valence electrons. The van der Waals surface area contributed by atoms with Crippen LogP contribution >= 0.6 is 44.4 Å². The van der Waals surface area contributed by atoms with Gasteiger partial charge in [0, 0.05) is 5.33 Å². The molecule has 0 fully saturated rings. The van der Waals surface area contributed by atoms with E-state index in [0.717, 1.165) is 11.9 Å². The van der Waals surface area contributed by atoms with Gasteiger partial charge in [0.1, 0.15) is 0 Å². The molecule has 0 aliphatic heterocycles. The highest BCUT2D eigenvalue weighted by atomic mass is 127. The van der Waals surface area contributed by atoms with Gasteiger partial charge in [0.15, 0.2) is 0 Å². The SMILES string of the molecule is BrCCOPI. The second-order valence-corrected chi connectivity index (χ2v) is 3.17. The topological polar surface area (TPSA) is 9.23 Å². The summed E-state index contributed by atoms with van der Waals surface area (Å²) in [6.07, 6.45) is 0. The van der Waals surface area contributed by atoms with Gasteiger partial charge in [-0.1, -0.05) is 15.9 Å². The molecule has 1 nitrogen and oxygen atoms in total. The lowest BCUT2D eigenvalue weighted by Gasteiger charge is -1.88. The molecule has 0 amide bonds. The molecule has 0 aliphatic rings. The van der Waals surface area contributed by atoms with Crippen LogP contribution in [0.1, 0.15) is 0 Å². The van der Waals surface area contributed by atoms with Gasteiger partial charge in [-0.25, -0.2) is 0 Å². The minimum absolute atomic E-state index is 0.605. The van der Waals surface area contributed by atoms with E-state index >= 15 is 0 Å². The van der Waals surface area contributed by atoms with Gasteiger partial charge in [0.05, 0.1) is 13.1 Å². The fourth-order valence-electron chi connectivity index (χ4n) is 0.0772.